The molecule has 1 aliphatic rings. The second-order valence-electron chi connectivity index (χ2n) is 5.88. The lowest BCUT2D eigenvalue weighted by atomic mass is 9.74. The minimum Gasteiger partial charge on any atom is -0.406 e. The summed E-state index contributed by atoms with van der Waals surface area (Å²) in [5.41, 5.74) is 1.42. The molecule has 0 aliphatic heterocycles. The third-order valence-corrected chi connectivity index (χ3v) is 3.26. The van der Waals surface area contributed by atoms with Crippen LogP contribution in [-0.2, 0) is 0 Å². The van der Waals surface area contributed by atoms with Gasteiger partial charge in [-0.3, -0.25) is 0 Å². The van der Waals surface area contributed by atoms with Crippen molar-refractivity contribution in [1.29, 1.82) is 0 Å². The Morgan fingerprint density at radius 2 is 2.00 bits per heavy atom. The van der Waals surface area contributed by atoms with Gasteiger partial charge in [0, 0.05) is 0 Å². The highest BCUT2D eigenvalue weighted by atomic mass is 19.4. The Bertz CT molecular complexity index is 518. The highest BCUT2D eigenvalue weighted by Crippen LogP contribution is 2.40. The van der Waals surface area contributed by atoms with Crippen LogP contribution < -0.4 is 4.74 Å². The SMILES string of the molecule is CC1(C)CC(c2cccc(OC(F)(F)F)c2)=CC(O)C1. The summed E-state index contributed by atoms with van der Waals surface area (Å²) in [6, 6.07) is 5.86. The Morgan fingerprint density at radius 3 is 2.60 bits per heavy atom. The van der Waals surface area contributed by atoms with Gasteiger partial charge in [-0.15, -0.1) is 13.2 Å². The van der Waals surface area contributed by atoms with Gasteiger partial charge in [0.1, 0.15) is 5.75 Å². The molecule has 0 bridgehead atoms. The lowest BCUT2D eigenvalue weighted by Crippen LogP contribution is -2.24. The van der Waals surface area contributed by atoms with Crippen molar-refractivity contribution in [2.45, 2.75) is 39.2 Å². The number of hydrogen-bond donors (Lipinski definition) is 1. The number of aliphatic hydroxyl groups excluding tert-OH is 1. The predicted molar refractivity (Wildman–Crippen MR) is 70.1 cm³/mol. The fraction of sp³-hybridized carbons (Fsp3) is 0.467. The zero-order chi connectivity index (χ0) is 15.0. The van der Waals surface area contributed by atoms with Crippen molar-refractivity contribution in [2.75, 3.05) is 0 Å². The van der Waals surface area contributed by atoms with Crippen LogP contribution in [0.1, 0.15) is 32.3 Å². The van der Waals surface area contributed by atoms with E-state index in [-0.39, 0.29) is 11.2 Å². The topological polar surface area (TPSA) is 29.5 Å². The molecule has 1 N–H and O–H groups in total. The molecule has 0 spiro atoms. The molecule has 0 amide bonds. The molecule has 0 heterocycles. The molecule has 0 fully saturated rings. The van der Waals surface area contributed by atoms with Crippen LogP contribution in [0.4, 0.5) is 13.2 Å². The lowest BCUT2D eigenvalue weighted by Gasteiger charge is -2.32. The second-order valence-corrected chi connectivity index (χ2v) is 5.88. The zero-order valence-corrected chi connectivity index (χ0v) is 11.4. The Morgan fingerprint density at radius 1 is 1.30 bits per heavy atom. The largest absolute Gasteiger partial charge is 0.573 e. The normalized spacial score (nSPS) is 22.3. The minimum atomic E-state index is -4.70. The van der Waals surface area contributed by atoms with E-state index in [0.717, 1.165) is 5.57 Å². The molecule has 0 saturated heterocycles. The van der Waals surface area contributed by atoms with Gasteiger partial charge in [0.25, 0.3) is 0 Å². The van der Waals surface area contributed by atoms with Crippen molar-refractivity contribution in [3.8, 4) is 5.75 Å². The first-order chi connectivity index (χ1) is 9.15. The van der Waals surface area contributed by atoms with Crippen LogP contribution >= 0.6 is 0 Å². The van der Waals surface area contributed by atoms with Crippen LogP contribution in [0.2, 0.25) is 0 Å². The molecule has 0 radical (unpaired) electrons. The van der Waals surface area contributed by atoms with Crippen molar-refractivity contribution >= 4 is 5.57 Å². The van der Waals surface area contributed by atoms with E-state index in [0.29, 0.717) is 18.4 Å². The van der Waals surface area contributed by atoms with Gasteiger partial charge in [-0.1, -0.05) is 32.1 Å². The molecule has 1 aromatic rings. The smallest absolute Gasteiger partial charge is 0.406 e. The molecule has 20 heavy (non-hydrogen) atoms. The van der Waals surface area contributed by atoms with Gasteiger partial charge in [-0.25, -0.2) is 0 Å². The van der Waals surface area contributed by atoms with E-state index in [9.17, 15) is 18.3 Å². The maximum atomic E-state index is 12.2. The first kappa shape index (κ1) is 14.9. The third-order valence-electron chi connectivity index (χ3n) is 3.26. The number of ether oxygens (including phenoxy) is 1. The number of aliphatic hydroxyl groups is 1. The van der Waals surface area contributed by atoms with Crippen molar-refractivity contribution in [3.05, 3.63) is 35.9 Å². The third kappa shape index (κ3) is 4.00. The van der Waals surface area contributed by atoms with Crippen LogP contribution in [0.15, 0.2) is 30.3 Å². The molecule has 1 atom stereocenters. The first-order valence-corrected chi connectivity index (χ1v) is 6.40. The van der Waals surface area contributed by atoms with Gasteiger partial charge in [0.2, 0.25) is 0 Å². The van der Waals surface area contributed by atoms with Gasteiger partial charge in [-0.2, -0.15) is 0 Å². The van der Waals surface area contributed by atoms with Crippen LogP contribution in [0.5, 0.6) is 5.75 Å². The Kier molecular flexibility index (Phi) is 3.82. The van der Waals surface area contributed by atoms with Gasteiger partial charge in [0.05, 0.1) is 6.10 Å². The number of hydrogen-bond acceptors (Lipinski definition) is 2. The minimum absolute atomic E-state index is 0.0790. The summed E-state index contributed by atoms with van der Waals surface area (Å²) in [4.78, 5) is 0. The molecule has 1 aromatic carbocycles. The fourth-order valence-electron chi connectivity index (χ4n) is 2.60. The quantitative estimate of drug-likeness (QED) is 0.885. The second kappa shape index (κ2) is 5.13. The van der Waals surface area contributed by atoms with Crippen LogP contribution in [-0.4, -0.2) is 17.6 Å². The summed E-state index contributed by atoms with van der Waals surface area (Å²) in [6.07, 6.45) is -2.20. The van der Waals surface area contributed by atoms with Gasteiger partial charge < -0.3 is 9.84 Å². The average molecular weight is 286 g/mol. The maximum absolute atomic E-state index is 12.2. The number of allylic oxidation sites excluding steroid dienone is 1. The fourth-order valence-corrected chi connectivity index (χ4v) is 2.60. The molecule has 2 rings (SSSR count). The molecular weight excluding hydrogens is 269 g/mol. The van der Waals surface area contributed by atoms with E-state index < -0.39 is 12.5 Å². The average Bonchev–Trinajstić information content (AvgIpc) is 2.24. The number of rotatable bonds is 2. The van der Waals surface area contributed by atoms with Gasteiger partial charge >= 0.3 is 6.36 Å². The summed E-state index contributed by atoms with van der Waals surface area (Å²) < 4.78 is 40.6. The summed E-state index contributed by atoms with van der Waals surface area (Å²) in [5.74, 6) is -0.242. The highest BCUT2D eigenvalue weighted by molar-refractivity contribution is 5.68. The standard InChI is InChI=1S/C15H17F3O2/c1-14(2)8-11(6-12(19)9-14)10-4-3-5-13(7-10)20-15(16,17)18/h3-7,12,19H,8-9H2,1-2H3. The predicted octanol–water partition coefficient (Wildman–Crippen LogP) is 4.15. The number of alkyl halides is 3. The van der Waals surface area contributed by atoms with Crippen LogP contribution in [0.3, 0.4) is 0 Å². The summed E-state index contributed by atoms with van der Waals surface area (Å²) in [5, 5.41) is 9.84. The maximum Gasteiger partial charge on any atom is 0.573 e. The molecule has 5 heteroatoms. The van der Waals surface area contributed by atoms with E-state index in [1.807, 2.05) is 13.8 Å². The van der Waals surface area contributed by atoms with Gasteiger partial charge in [0.15, 0.2) is 0 Å². The van der Waals surface area contributed by atoms with E-state index in [2.05, 4.69) is 4.74 Å². The van der Waals surface area contributed by atoms with Crippen molar-refractivity contribution in [2.24, 2.45) is 5.41 Å². The highest BCUT2D eigenvalue weighted by Gasteiger charge is 2.32. The van der Waals surface area contributed by atoms with Crippen molar-refractivity contribution in [1.82, 2.24) is 0 Å². The van der Waals surface area contributed by atoms with Crippen LogP contribution in [0, 0.1) is 5.41 Å². The van der Waals surface area contributed by atoms with E-state index in [4.69, 9.17) is 0 Å². The lowest BCUT2D eigenvalue weighted by molar-refractivity contribution is -0.274. The van der Waals surface area contributed by atoms with Crippen molar-refractivity contribution < 1.29 is 23.0 Å². The van der Waals surface area contributed by atoms with E-state index >= 15 is 0 Å². The number of benzene rings is 1. The molecule has 0 aromatic heterocycles. The Labute approximate surface area is 115 Å². The van der Waals surface area contributed by atoms with Crippen LogP contribution in [0.25, 0.3) is 5.57 Å². The Hall–Kier alpha value is -1.49. The Balaban J connectivity index is 2.27. The molecule has 2 nitrogen and oxygen atoms in total. The first-order valence-electron chi connectivity index (χ1n) is 6.40. The molecule has 1 aliphatic carbocycles. The summed E-state index contributed by atoms with van der Waals surface area (Å²) in [7, 11) is 0. The number of halogens is 3. The van der Waals surface area contributed by atoms with Gasteiger partial charge in [-0.05, 0) is 41.5 Å². The van der Waals surface area contributed by atoms with E-state index in [1.165, 1.54) is 18.2 Å². The monoisotopic (exact) mass is 286 g/mol. The molecular formula is C15H17F3O2. The van der Waals surface area contributed by atoms with E-state index in [1.54, 1.807) is 12.1 Å². The van der Waals surface area contributed by atoms with Crippen molar-refractivity contribution in [3.63, 3.8) is 0 Å². The zero-order valence-electron chi connectivity index (χ0n) is 11.4. The molecule has 110 valence electrons. The summed E-state index contributed by atoms with van der Waals surface area (Å²) >= 11 is 0. The molecule has 1 unspecified atom stereocenters. The molecule has 0 saturated carbocycles. The summed E-state index contributed by atoms with van der Waals surface area (Å²) in [6.45, 7) is 4.05.